The summed E-state index contributed by atoms with van der Waals surface area (Å²) in [5.41, 5.74) is 1.47. The normalized spacial score (nSPS) is 18.0. The first-order chi connectivity index (χ1) is 9.61. The molecule has 1 N–H and O–H groups in total. The Hall–Kier alpha value is -1.55. The molecule has 0 aromatic heterocycles. The van der Waals surface area contributed by atoms with Crippen molar-refractivity contribution in [1.29, 1.82) is 0 Å². The molecule has 0 amide bonds. The largest absolute Gasteiger partial charge is 0.478 e. The van der Waals surface area contributed by atoms with E-state index < -0.39 is 5.97 Å². The molecule has 0 spiro atoms. The summed E-state index contributed by atoms with van der Waals surface area (Å²) in [5, 5.41) is 8.91. The van der Waals surface area contributed by atoms with E-state index in [1.54, 1.807) is 12.1 Å². The lowest BCUT2D eigenvalue weighted by atomic mass is 10.1. The quantitative estimate of drug-likeness (QED) is 0.898. The minimum Gasteiger partial charge on any atom is -0.478 e. The average Bonchev–Trinajstić information content (AvgIpc) is 2.48. The molecule has 4 nitrogen and oxygen atoms in total. The number of piperazine rings is 1. The molecule has 0 radical (unpaired) electrons. The van der Waals surface area contributed by atoms with Gasteiger partial charge in [-0.15, -0.1) is 0 Å². The Morgan fingerprint density at radius 3 is 2.30 bits per heavy atom. The maximum Gasteiger partial charge on any atom is 0.335 e. The van der Waals surface area contributed by atoms with Crippen LogP contribution in [-0.4, -0.2) is 48.2 Å². The van der Waals surface area contributed by atoms with E-state index >= 15 is 0 Å². The molecule has 1 atom stereocenters. The number of carboxylic acids is 1. The predicted octanol–water partition coefficient (Wildman–Crippen LogP) is 2.70. The molecule has 1 heterocycles. The van der Waals surface area contributed by atoms with Gasteiger partial charge in [-0.1, -0.05) is 13.3 Å². The Morgan fingerprint density at radius 1 is 1.20 bits per heavy atom. The summed E-state index contributed by atoms with van der Waals surface area (Å²) in [6.45, 7) is 8.74. The fraction of sp³-hybridized carbons (Fsp3) is 0.562. The molecule has 1 fully saturated rings. The van der Waals surface area contributed by atoms with Gasteiger partial charge in [0.05, 0.1) is 5.56 Å². The van der Waals surface area contributed by atoms with Gasteiger partial charge in [0.15, 0.2) is 0 Å². The highest BCUT2D eigenvalue weighted by Gasteiger charge is 2.20. The van der Waals surface area contributed by atoms with E-state index in [4.69, 9.17) is 5.11 Å². The van der Waals surface area contributed by atoms with E-state index in [1.807, 2.05) is 12.1 Å². The lowest BCUT2D eigenvalue weighted by Gasteiger charge is -2.39. The van der Waals surface area contributed by atoms with Gasteiger partial charge in [-0.05, 0) is 37.6 Å². The van der Waals surface area contributed by atoms with Crippen molar-refractivity contribution in [2.24, 2.45) is 0 Å². The number of aromatic carboxylic acids is 1. The van der Waals surface area contributed by atoms with E-state index in [9.17, 15) is 4.79 Å². The van der Waals surface area contributed by atoms with Crippen LogP contribution < -0.4 is 4.90 Å². The molecule has 1 unspecified atom stereocenters. The molecule has 20 heavy (non-hydrogen) atoms. The van der Waals surface area contributed by atoms with Gasteiger partial charge in [0.25, 0.3) is 0 Å². The summed E-state index contributed by atoms with van der Waals surface area (Å²) in [4.78, 5) is 15.7. The van der Waals surface area contributed by atoms with Gasteiger partial charge in [0.1, 0.15) is 0 Å². The zero-order valence-corrected chi connectivity index (χ0v) is 12.4. The molecule has 1 aliphatic heterocycles. The highest BCUT2D eigenvalue weighted by Crippen LogP contribution is 2.19. The van der Waals surface area contributed by atoms with Crippen LogP contribution in [0.2, 0.25) is 0 Å². The molecule has 1 saturated heterocycles. The van der Waals surface area contributed by atoms with Crippen molar-refractivity contribution in [3.8, 4) is 0 Å². The van der Waals surface area contributed by atoms with Crippen molar-refractivity contribution in [3.63, 3.8) is 0 Å². The van der Waals surface area contributed by atoms with Crippen molar-refractivity contribution in [1.82, 2.24) is 4.90 Å². The fourth-order valence-electron chi connectivity index (χ4n) is 2.84. The molecule has 0 saturated carbocycles. The first kappa shape index (κ1) is 14.9. The topological polar surface area (TPSA) is 43.8 Å². The Kier molecular flexibility index (Phi) is 5.01. The number of hydrogen-bond donors (Lipinski definition) is 1. The van der Waals surface area contributed by atoms with Crippen molar-refractivity contribution in [2.75, 3.05) is 31.1 Å². The number of nitrogens with zero attached hydrogens (tertiary/aromatic N) is 2. The number of rotatable bonds is 5. The SMILES string of the molecule is CCCC(C)N1CCN(c2ccc(C(=O)O)cc2)CC1. The Morgan fingerprint density at radius 2 is 1.80 bits per heavy atom. The highest BCUT2D eigenvalue weighted by molar-refractivity contribution is 5.88. The highest BCUT2D eigenvalue weighted by atomic mass is 16.4. The van der Waals surface area contributed by atoms with Crippen LogP contribution in [0.3, 0.4) is 0 Å². The third-order valence-corrected chi connectivity index (χ3v) is 4.12. The van der Waals surface area contributed by atoms with Gasteiger partial charge < -0.3 is 10.0 Å². The zero-order chi connectivity index (χ0) is 14.5. The number of carbonyl (C=O) groups is 1. The molecule has 0 bridgehead atoms. The van der Waals surface area contributed by atoms with Crippen molar-refractivity contribution < 1.29 is 9.90 Å². The second kappa shape index (κ2) is 6.75. The number of benzene rings is 1. The van der Waals surface area contributed by atoms with Crippen LogP contribution in [0.4, 0.5) is 5.69 Å². The summed E-state index contributed by atoms with van der Waals surface area (Å²) in [6, 6.07) is 7.85. The smallest absolute Gasteiger partial charge is 0.335 e. The summed E-state index contributed by atoms with van der Waals surface area (Å²) < 4.78 is 0. The third-order valence-electron chi connectivity index (χ3n) is 4.12. The van der Waals surface area contributed by atoms with Crippen LogP contribution in [0.1, 0.15) is 37.0 Å². The van der Waals surface area contributed by atoms with Gasteiger partial charge in [-0.2, -0.15) is 0 Å². The third kappa shape index (κ3) is 3.51. The Balaban J connectivity index is 1.91. The van der Waals surface area contributed by atoms with Gasteiger partial charge in [-0.3, -0.25) is 4.90 Å². The average molecular weight is 276 g/mol. The maximum atomic E-state index is 10.8. The second-order valence-electron chi connectivity index (χ2n) is 5.51. The Labute approximate surface area is 121 Å². The van der Waals surface area contributed by atoms with E-state index in [1.165, 1.54) is 12.8 Å². The molecule has 0 aliphatic carbocycles. The first-order valence-electron chi connectivity index (χ1n) is 7.44. The summed E-state index contributed by atoms with van der Waals surface area (Å²) in [5.74, 6) is -0.866. The maximum absolute atomic E-state index is 10.8. The van der Waals surface area contributed by atoms with Crippen LogP contribution in [0, 0.1) is 0 Å². The zero-order valence-electron chi connectivity index (χ0n) is 12.4. The lowest BCUT2D eigenvalue weighted by Crippen LogP contribution is -2.49. The van der Waals surface area contributed by atoms with Crippen LogP contribution in [0.5, 0.6) is 0 Å². The van der Waals surface area contributed by atoms with Crippen molar-refractivity contribution in [3.05, 3.63) is 29.8 Å². The molecule has 1 aromatic rings. The lowest BCUT2D eigenvalue weighted by molar-refractivity contribution is 0.0697. The van der Waals surface area contributed by atoms with Gasteiger partial charge in [-0.25, -0.2) is 4.79 Å². The second-order valence-corrected chi connectivity index (χ2v) is 5.51. The summed E-state index contributed by atoms with van der Waals surface area (Å²) >= 11 is 0. The van der Waals surface area contributed by atoms with E-state index in [0.717, 1.165) is 31.9 Å². The van der Waals surface area contributed by atoms with Crippen molar-refractivity contribution in [2.45, 2.75) is 32.7 Å². The minimum atomic E-state index is -0.866. The van der Waals surface area contributed by atoms with Gasteiger partial charge >= 0.3 is 5.97 Å². The van der Waals surface area contributed by atoms with Gasteiger partial charge in [0, 0.05) is 37.9 Å². The van der Waals surface area contributed by atoms with E-state index in [2.05, 4.69) is 23.6 Å². The fourth-order valence-corrected chi connectivity index (χ4v) is 2.84. The standard InChI is InChI=1S/C16H24N2O2/c1-3-4-13(2)17-9-11-18(12-10-17)15-7-5-14(6-8-15)16(19)20/h5-8,13H,3-4,9-12H2,1-2H3,(H,19,20). The molecule has 1 aromatic carbocycles. The van der Waals surface area contributed by atoms with Crippen LogP contribution in [-0.2, 0) is 0 Å². The molecule has 2 rings (SSSR count). The van der Waals surface area contributed by atoms with Gasteiger partial charge in [0.2, 0.25) is 0 Å². The molecule has 110 valence electrons. The summed E-state index contributed by atoms with van der Waals surface area (Å²) in [7, 11) is 0. The number of hydrogen-bond acceptors (Lipinski definition) is 3. The minimum absolute atomic E-state index is 0.351. The summed E-state index contributed by atoms with van der Waals surface area (Å²) in [6.07, 6.45) is 2.49. The van der Waals surface area contributed by atoms with Crippen LogP contribution in [0.15, 0.2) is 24.3 Å². The molecule has 1 aliphatic rings. The monoisotopic (exact) mass is 276 g/mol. The van der Waals surface area contributed by atoms with Crippen LogP contribution in [0.25, 0.3) is 0 Å². The predicted molar refractivity (Wildman–Crippen MR) is 81.6 cm³/mol. The first-order valence-corrected chi connectivity index (χ1v) is 7.44. The number of anilines is 1. The van der Waals surface area contributed by atoms with E-state index in [-0.39, 0.29) is 0 Å². The molecular weight excluding hydrogens is 252 g/mol. The van der Waals surface area contributed by atoms with E-state index in [0.29, 0.717) is 11.6 Å². The Bertz CT molecular complexity index is 436. The van der Waals surface area contributed by atoms with Crippen LogP contribution >= 0.6 is 0 Å². The molecule has 4 heteroatoms. The van der Waals surface area contributed by atoms with Crippen molar-refractivity contribution >= 4 is 11.7 Å². The molecular formula is C16H24N2O2. The number of carboxylic acid groups (broad SMARTS) is 1.